The van der Waals surface area contributed by atoms with Gasteiger partial charge in [-0.25, -0.2) is 0 Å². The van der Waals surface area contributed by atoms with Crippen LogP contribution in [0.15, 0.2) is 42.5 Å². The first kappa shape index (κ1) is 16.8. The number of halogens is 1. The van der Waals surface area contributed by atoms with Gasteiger partial charge in [-0.05, 0) is 49.7 Å². The Labute approximate surface area is 138 Å². The maximum absolute atomic E-state index is 12.1. The Kier molecular flexibility index (Phi) is 5.18. The second kappa shape index (κ2) is 7.11. The van der Waals surface area contributed by atoms with Crippen molar-refractivity contribution >= 4 is 28.9 Å². The van der Waals surface area contributed by atoms with Crippen molar-refractivity contribution in [2.24, 2.45) is 0 Å². The third kappa shape index (κ3) is 4.43. The molecular formula is C16H15ClN2O4. The molecule has 1 amide bonds. The Hall–Kier alpha value is -2.60. The van der Waals surface area contributed by atoms with Gasteiger partial charge in [0.15, 0.2) is 6.10 Å². The minimum absolute atomic E-state index is 0.0379. The number of carbonyl (C=O) groups excluding carboxylic acids is 1. The van der Waals surface area contributed by atoms with Crippen molar-refractivity contribution in [1.82, 2.24) is 0 Å². The van der Waals surface area contributed by atoms with Gasteiger partial charge >= 0.3 is 0 Å². The first-order chi connectivity index (χ1) is 10.9. The number of anilines is 1. The van der Waals surface area contributed by atoms with Gasteiger partial charge in [0.2, 0.25) is 0 Å². The molecule has 0 aliphatic heterocycles. The number of nitrogens with one attached hydrogen (secondary N) is 1. The summed E-state index contributed by atoms with van der Waals surface area (Å²) in [5, 5.41) is 13.8. The van der Waals surface area contributed by atoms with Crippen LogP contribution in [-0.4, -0.2) is 16.9 Å². The molecule has 0 unspecified atom stereocenters. The lowest BCUT2D eigenvalue weighted by Gasteiger charge is -2.16. The lowest BCUT2D eigenvalue weighted by molar-refractivity contribution is -0.384. The largest absolute Gasteiger partial charge is 0.481 e. The van der Waals surface area contributed by atoms with Crippen LogP contribution in [0, 0.1) is 17.0 Å². The highest BCUT2D eigenvalue weighted by Crippen LogP contribution is 2.23. The van der Waals surface area contributed by atoms with Gasteiger partial charge < -0.3 is 10.1 Å². The van der Waals surface area contributed by atoms with Gasteiger partial charge in [0.25, 0.3) is 11.6 Å². The molecule has 0 saturated heterocycles. The average Bonchev–Trinajstić information content (AvgIpc) is 2.50. The van der Waals surface area contributed by atoms with Crippen molar-refractivity contribution in [2.45, 2.75) is 20.0 Å². The minimum Gasteiger partial charge on any atom is -0.481 e. The molecule has 7 heteroatoms. The number of nitro benzene ring substituents is 1. The number of amides is 1. The van der Waals surface area contributed by atoms with Crippen molar-refractivity contribution in [3.8, 4) is 5.75 Å². The molecule has 0 saturated carbocycles. The van der Waals surface area contributed by atoms with E-state index < -0.39 is 11.0 Å². The molecule has 0 aliphatic rings. The highest BCUT2D eigenvalue weighted by molar-refractivity contribution is 6.30. The van der Waals surface area contributed by atoms with E-state index in [4.69, 9.17) is 16.3 Å². The third-order valence-electron chi connectivity index (χ3n) is 3.16. The lowest BCUT2D eigenvalue weighted by atomic mass is 10.2. The second-order valence-electron chi connectivity index (χ2n) is 4.96. The summed E-state index contributed by atoms with van der Waals surface area (Å²) in [6.45, 7) is 3.46. The molecule has 0 radical (unpaired) electrons. The van der Waals surface area contributed by atoms with Crippen molar-refractivity contribution in [3.63, 3.8) is 0 Å². The van der Waals surface area contributed by atoms with Crippen molar-refractivity contribution in [1.29, 1.82) is 0 Å². The topological polar surface area (TPSA) is 81.5 Å². The van der Waals surface area contributed by atoms with E-state index in [9.17, 15) is 14.9 Å². The number of non-ortho nitro benzene ring substituents is 1. The Morgan fingerprint density at radius 1 is 1.26 bits per heavy atom. The quantitative estimate of drug-likeness (QED) is 0.662. The molecule has 2 aromatic carbocycles. The lowest BCUT2D eigenvalue weighted by Crippen LogP contribution is -2.30. The SMILES string of the molecule is Cc1cc(Cl)ccc1O[C@@H](C)C(=O)Nc1ccc([N+](=O)[O-])cc1. The van der Waals surface area contributed by atoms with E-state index in [0.29, 0.717) is 16.5 Å². The molecular weight excluding hydrogens is 320 g/mol. The molecule has 2 rings (SSSR count). The number of ether oxygens (including phenoxy) is 1. The summed E-state index contributed by atoms with van der Waals surface area (Å²) >= 11 is 5.88. The molecule has 0 aliphatic carbocycles. The van der Waals surface area contributed by atoms with E-state index in [1.54, 1.807) is 25.1 Å². The monoisotopic (exact) mass is 334 g/mol. The van der Waals surface area contributed by atoms with Crippen LogP contribution in [0.4, 0.5) is 11.4 Å². The summed E-state index contributed by atoms with van der Waals surface area (Å²) in [7, 11) is 0. The molecule has 1 N–H and O–H groups in total. The van der Waals surface area contributed by atoms with E-state index in [0.717, 1.165) is 5.56 Å². The maximum Gasteiger partial charge on any atom is 0.269 e. The first-order valence-electron chi connectivity index (χ1n) is 6.85. The Balaban J connectivity index is 2.00. The van der Waals surface area contributed by atoms with Crippen LogP contribution in [0.2, 0.25) is 5.02 Å². The number of benzene rings is 2. The molecule has 2 aromatic rings. The summed E-state index contributed by atoms with van der Waals surface area (Å²) < 4.78 is 5.62. The number of aryl methyl sites for hydroxylation is 1. The smallest absolute Gasteiger partial charge is 0.269 e. The molecule has 0 aromatic heterocycles. The van der Waals surface area contributed by atoms with Crippen LogP contribution in [0.25, 0.3) is 0 Å². The predicted molar refractivity (Wildman–Crippen MR) is 88.0 cm³/mol. The Bertz CT molecular complexity index is 731. The van der Waals surface area contributed by atoms with Crippen molar-refractivity contribution in [3.05, 3.63) is 63.2 Å². The minimum atomic E-state index is -0.731. The summed E-state index contributed by atoms with van der Waals surface area (Å²) in [6.07, 6.45) is -0.731. The first-order valence-corrected chi connectivity index (χ1v) is 7.23. The molecule has 23 heavy (non-hydrogen) atoms. The van der Waals surface area contributed by atoms with Gasteiger partial charge in [0.1, 0.15) is 5.75 Å². The zero-order valence-electron chi connectivity index (χ0n) is 12.6. The Morgan fingerprint density at radius 2 is 1.91 bits per heavy atom. The zero-order valence-corrected chi connectivity index (χ0v) is 13.3. The summed E-state index contributed by atoms with van der Waals surface area (Å²) in [5.74, 6) is 0.217. The van der Waals surface area contributed by atoms with Crippen LogP contribution in [-0.2, 0) is 4.79 Å². The van der Waals surface area contributed by atoms with E-state index in [1.165, 1.54) is 24.3 Å². The second-order valence-corrected chi connectivity index (χ2v) is 5.40. The highest BCUT2D eigenvalue weighted by atomic mass is 35.5. The van der Waals surface area contributed by atoms with Crippen molar-refractivity contribution < 1.29 is 14.5 Å². The molecule has 6 nitrogen and oxygen atoms in total. The fourth-order valence-electron chi connectivity index (χ4n) is 1.90. The van der Waals surface area contributed by atoms with Crippen LogP contribution < -0.4 is 10.1 Å². The van der Waals surface area contributed by atoms with Gasteiger partial charge in [-0.15, -0.1) is 0 Å². The fourth-order valence-corrected chi connectivity index (χ4v) is 2.13. The van der Waals surface area contributed by atoms with Gasteiger partial charge in [-0.3, -0.25) is 14.9 Å². The number of nitro groups is 1. The van der Waals surface area contributed by atoms with E-state index in [1.807, 2.05) is 6.92 Å². The van der Waals surface area contributed by atoms with E-state index in [-0.39, 0.29) is 11.6 Å². The van der Waals surface area contributed by atoms with Gasteiger partial charge in [-0.2, -0.15) is 0 Å². The number of nitrogens with zero attached hydrogens (tertiary/aromatic N) is 1. The third-order valence-corrected chi connectivity index (χ3v) is 3.39. The summed E-state index contributed by atoms with van der Waals surface area (Å²) in [6, 6.07) is 10.7. The number of rotatable bonds is 5. The van der Waals surface area contributed by atoms with Crippen LogP contribution in [0.1, 0.15) is 12.5 Å². The highest BCUT2D eigenvalue weighted by Gasteiger charge is 2.16. The predicted octanol–water partition coefficient (Wildman–Crippen LogP) is 3.96. The summed E-state index contributed by atoms with van der Waals surface area (Å²) in [5.41, 5.74) is 1.25. The maximum atomic E-state index is 12.1. The number of hydrogen-bond donors (Lipinski definition) is 1. The zero-order chi connectivity index (χ0) is 17.0. The average molecular weight is 335 g/mol. The van der Waals surface area contributed by atoms with Crippen LogP contribution in [0.3, 0.4) is 0 Å². The standard InChI is InChI=1S/C16H15ClN2O4/c1-10-9-12(17)3-8-15(10)23-11(2)16(20)18-13-4-6-14(7-5-13)19(21)22/h3-9,11H,1-2H3,(H,18,20)/t11-/m0/s1. The van der Waals surface area contributed by atoms with Crippen molar-refractivity contribution in [2.75, 3.05) is 5.32 Å². The molecule has 120 valence electrons. The van der Waals surface area contributed by atoms with Gasteiger partial charge in [-0.1, -0.05) is 11.6 Å². The van der Waals surface area contributed by atoms with Gasteiger partial charge in [0, 0.05) is 22.8 Å². The normalized spacial score (nSPS) is 11.6. The van der Waals surface area contributed by atoms with E-state index in [2.05, 4.69) is 5.32 Å². The Morgan fingerprint density at radius 3 is 2.48 bits per heavy atom. The van der Waals surface area contributed by atoms with E-state index >= 15 is 0 Å². The van der Waals surface area contributed by atoms with Crippen LogP contribution in [0.5, 0.6) is 5.75 Å². The summed E-state index contributed by atoms with van der Waals surface area (Å²) in [4.78, 5) is 22.2. The molecule has 0 bridgehead atoms. The molecule has 0 fully saturated rings. The van der Waals surface area contributed by atoms with Gasteiger partial charge in [0.05, 0.1) is 4.92 Å². The fraction of sp³-hybridized carbons (Fsp3) is 0.188. The number of carbonyl (C=O) groups is 1. The molecule has 1 atom stereocenters. The number of hydrogen-bond acceptors (Lipinski definition) is 4. The molecule has 0 spiro atoms. The van der Waals surface area contributed by atoms with Crippen LogP contribution >= 0.6 is 11.6 Å². The molecule has 0 heterocycles.